The third-order valence-corrected chi connectivity index (χ3v) is 4.34. The number of hydrogen-bond acceptors (Lipinski definition) is 1. The fourth-order valence-corrected chi connectivity index (χ4v) is 2.67. The third kappa shape index (κ3) is 3.58. The predicted molar refractivity (Wildman–Crippen MR) is 78.6 cm³/mol. The summed E-state index contributed by atoms with van der Waals surface area (Å²) in [7, 11) is 0. The predicted octanol–water partition coefficient (Wildman–Crippen LogP) is 4.55. The quantitative estimate of drug-likeness (QED) is 0.743. The first kappa shape index (κ1) is 13.6. The van der Waals surface area contributed by atoms with Crippen LogP contribution >= 0.6 is 0 Å². The van der Waals surface area contributed by atoms with E-state index in [1.807, 2.05) is 0 Å². The molecular formula is C17H27N. The Morgan fingerprint density at radius 2 is 1.83 bits per heavy atom. The molecule has 1 heteroatoms. The standard InChI is InChI=1S/C17H27N/c1-4-17(10-11-17)13-18-16(12-14(2)3)15-8-6-5-7-9-15/h5-9,14,16,18H,4,10-13H2,1-3H3. The van der Waals surface area contributed by atoms with E-state index in [2.05, 4.69) is 56.4 Å². The van der Waals surface area contributed by atoms with Gasteiger partial charge in [-0.1, -0.05) is 51.1 Å². The van der Waals surface area contributed by atoms with Gasteiger partial charge in [-0.05, 0) is 42.6 Å². The molecule has 1 aromatic carbocycles. The van der Waals surface area contributed by atoms with Gasteiger partial charge in [-0.3, -0.25) is 0 Å². The molecule has 1 aliphatic rings. The van der Waals surface area contributed by atoms with E-state index >= 15 is 0 Å². The van der Waals surface area contributed by atoms with Crippen molar-refractivity contribution in [3.63, 3.8) is 0 Å². The Morgan fingerprint density at radius 1 is 1.17 bits per heavy atom. The smallest absolute Gasteiger partial charge is 0.0322 e. The fourth-order valence-electron chi connectivity index (χ4n) is 2.67. The van der Waals surface area contributed by atoms with Gasteiger partial charge in [0.15, 0.2) is 0 Å². The Morgan fingerprint density at radius 3 is 2.33 bits per heavy atom. The molecule has 0 aromatic heterocycles. The minimum absolute atomic E-state index is 0.523. The van der Waals surface area contributed by atoms with Crippen LogP contribution in [0, 0.1) is 11.3 Å². The maximum atomic E-state index is 3.82. The van der Waals surface area contributed by atoms with Crippen LogP contribution in [-0.4, -0.2) is 6.54 Å². The molecule has 1 nitrogen and oxygen atoms in total. The maximum Gasteiger partial charge on any atom is 0.0322 e. The summed E-state index contributed by atoms with van der Waals surface area (Å²) in [5.74, 6) is 0.736. The van der Waals surface area contributed by atoms with Crippen LogP contribution in [0.4, 0.5) is 0 Å². The van der Waals surface area contributed by atoms with Crippen LogP contribution in [0.25, 0.3) is 0 Å². The lowest BCUT2D eigenvalue weighted by Gasteiger charge is -2.24. The average Bonchev–Trinajstić information content (AvgIpc) is 3.16. The van der Waals surface area contributed by atoms with E-state index in [0.29, 0.717) is 11.5 Å². The maximum absolute atomic E-state index is 3.82. The first-order valence-electron chi connectivity index (χ1n) is 7.43. The summed E-state index contributed by atoms with van der Waals surface area (Å²) in [6, 6.07) is 11.4. The highest BCUT2D eigenvalue weighted by molar-refractivity contribution is 5.19. The number of hydrogen-bond donors (Lipinski definition) is 1. The van der Waals surface area contributed by atoms with Crippen LogP contribution in [-0.2, 0) is 0 Å². The second-order valence-electron chi connectivity index (χ2n) is 6.33. The van der Waals surface area contributed by atoms with Gasteiger partial charge in [0, 0.05) is 12.6 Å². The molecular weight excluding hydrogens is 218 g/mol. The molecule has 0 radical (unpaired) electrons. The normalized spacial score (nSPS) is 18.9. The monoisotopic (exact) mass is 245 g/mol. The summed E-state index contributed by atoms with van der Waals surface area (Å²) in [5.41, 5.74) is 2.07. The van der Waals surface area contributed by atoms with Gasteiger partial charge in [0.05, 0.1) is 0 Å². The molecule has 1 N–H and O–H groups in total. The molecule has 1 atom stereocenters. The molecule has 18 heavy (non-hydrogen) atoms. The van der Waals surface area contributed by atoms with Crippen molar-refractivity contribution in [2.45, 2.75) is 52.5 Å². The highest BCUT2D eigenvalue weighted by Crippen LogP contribution is 2.48. The molecule has 1 unspecified atom stereocenters. The Hall–Kier alpha value is -0.820. The minimum atomic E-state index is 0.523. The SMILES string of the molecule is CCC1(CNC(CC(C)C)c2ccccc2)CC1. The van der Waals surface area contributed by atoms with Crippen molar-refractivity contribution in [2.24, 2.45) is 11.3 Å². The van der Waals surface area contributed by atoms with Gasteiger partial charge >= 0.3 is 0 Å². The van der Waals surface area contributed by atoms with Gasteiger partial charge in [0.1, 0.15) is 0 Å². The molecule has 0 saturated heterocycles. The summed E-state index contributed by atoms with van der Waals surface area (Å²) < 4.78 is 0. The van der Waals surface area contributed by atoms with Crippen molar-refractivity contribution in [3.05, 3.63) is 35.9 Å². The van der Waals surface area contributed by atoms with Crippen molar-refractivity contribution < 1.29 is 0 Å². The largest absolute Gasteiger partial charge is 0.309 e. The van der Waals surface area contributed by atoms with Crippen LogP contribution in [0.15, 0.2) is 30.3 Å². The first-order valence-corrected chi connectivity index (χ1v) is 7.43. The van der Waals surface area contributed by atoms with Crippen molar-refractivity contribution >= 4 is 0 Å². The minimum Gasteiger partial charge on any atom is -0.309 e. The van der Waals surface area contributed by atoms with Gasteiger partial charge in [-0.25, -0.2) is 0 Å². The number of nitrogens with one attached hydrogen (secondary N) is 1. The van der Waals surface area contributed by atoms with Crippen molar-refractivity contribution in [3.8, 4) is 0 Å². The van der Waals surface area contributed by atoms with Crippen LogP contribution in [0.1, 0.15) is 58.1 Å². The van der Waals surface area contributed by atoms with Crippen LogP contribution in [0.3, 0.4) is 0 Å². The topological polar surface area (TPSA) is 12.0 Å². The molecule has 1 aromatic rings. The summed E-state index contributed by atoms with van der Waals surface area (Å²) in [4.78, 5) is 0. The highest BCUT2D eigenvalue weighted by Gasteiger charge is 2.40. The van der Waals surface area contributed by atoms with Gasteiger partial charge in [-0.15, -0.1) is 0 Å². The molecule has 1 saturated carbocycles. The van der Waals surface area contributed by atoms with E-state index in [-0.39, 0.29) is 0 Å². The highest BCUT2D eigenvalue weighted by atomic mass is 14.9. The Labute approximate surface area is 112 Å². The molecule has 0 bridgehead atoms. The van der Waals surface area contributed by atoms with E-state index in [1.54, 1.807) is 0 Å². The molecule has 2 rings (SSSR count). The van der Waals surface area contributed by atoms with Gasteiger partial charge in [0.25, 0.3) is 0 Å². The number of rotatable bonds is 7. The zero-order valence-electron chi connectivity index (χ0n) is 12.1. The second kappa shape index (κ2) is 5.88. The van der Waals surface area contributed by atoms with Gasteiger partial charge < -0.3 is 5.32 Å². The zero-order chi connectivity index (χ0) is 13.0. The van der Waals surface area contributed by atoms with E-state index < -0.39 is 0 Å². The molecule has 1 fully saturated rings. The summed E-state index contributed by atoms with van der Waals surface area (Å²) in [6.45, 7) is 8.14. The van der Waals surface area contributed by atoms with E-state index in [1.165, 1.54) is 37.8 Å². The average molecular weight is 245 g/mol. The lowest BCUT2D eigenvalue weighted by molar-refractivity contribution is 0.367. The second-order valence-corrected chi connectivity index (χ2v) is 6.33. The number of benzene rings is 1. The summed E-state index contributed by atoms with van der Waals surface area (Å²) in [5, 5.41) is 3.82. The van der Waals surface area contributed by atoms with Crippen LogP contribution in [0.2, 0.25) is 0 Å². The zero-order valence-corrected chi connectivity index (χ0v) is 12.1. The summed E-state index contributed by atoms with van der Waals surface area (Å²) >= 11 is 0. The molecule has 0 aliphatic heterocycles. The van der Waals surface area contributed by atoms with Crippen LogP contribution < -0.4 is 5.32 Å². The molecule has 0 spiro atoms. The Bertz CT molecular complexity index is 351. The van der Waals surface area contributed by atoms with E-state index in [0.717, 1.165) is 5.92 Å². The lowest BCUT2D eigenvalue weighted by Crippen LogP contribution is -2.29. The van der Waals surface area contributed by atoms with Crippen molar-refractivity contribution in [1.29, 1.82) is 0 Å². The Balaban J connectivity index is 1.97. The molecule has 1 aliphatic carbocycles. The molecule has 100 valence electrons. The van der Waals surface area contributed by atoms with Crippen molar-refractivity contribution in [1.82, 2.24) is 5.32 Å². The van der Waals surface area contributed by atoms with Crippen molar-refractivity contribution in [2.75, 3.05) is 6.54 Å². The van der Waals surface area contributed by atoms with Gasteiger partial charge in [0.2, 0.25) is 0 Å². The van der Waals surface area contributed by atoms with E-state index in [9.17, 15) is 0 Å². The Kier molecular flexibility index (Phi) is 4.45. The lowest BCUT2D eigenvalue weighted by atomic mass is 9.95. The van der Waals surface area contributed by atoms with E-state index in [4.69, 9.17) is 0 Å². The summed E-state index contributed by atoms with van der Waals surface area (Å²) in [6.07, 6.45) is 5.38. The van der Waals surface area contributed by atoms with Crippen LogP contribution in [0.5, 0.6) is 0 Å². The third-order valence-electron chi connectivity index (χ3n) is 4.34. The molecule has 0 amide bonds. The fraction of sp³-hybridized carbons (Fsp3) is 0.647. The molecule has 0 heterocycles. The first-order chi connectivity index (χ1) is 8.65. The van der Waals surface area contributed by atoms with Gasteiger partial charge in [-0.2, -0.15) is 0 Å².